The number of piperazine rings is 1. The molecule has 78 valence electrons. The number of aliphatic hydroxyl groups excluding tert-OH is 1. The molecule has 3 heteroatoms. The van der Waals surface area contributed by atoms with E-state index in [4.69, 9.17) is 0 Å². The van der Waals surface area contributed by atoms with Gasteiger partial charge in [0.2, 0.25) is 0 Å². The summed E-state index contributed by atoms with van der Waals surface area (Å²) in [5, 5.41) is 13.0. The Balaban J connectivity index is 2.70. The average molecular weight is 194 g/mol. The minimum Gasteiger partial charge on any atom is -0.506 e. The van der Waals surface area contributed by atoms with E-state index in [0.29, 0.717) is 5.76 Å². The number of nitrogens with one attached hydrogen (secondary N) is 1. The van der Waals surface area contributed by atoms with Crippen molar-refractivity contribution in [2.45, 2.75) is 6.92 Å². The number of aliphatic hydroxyl groups is 1. The van der Waals surface area contributed by atoms with Crippen LogP contribution in [-0.2, 0) is 0 Å². The predicted octanol–water partition coefficient (Wildman–Crippen LogP) is 1.42. The lowest BCUT2D eigenvalue weighted by atomic mass is 10.2. The summed E-state index contributed by atoms with van der Waals surface area (Å²) in [7, 11) is 0. The predicted molar refractivity (Wildman–Crippen MR) is 59.1 cm³/mol. The number of hydrogen-bond acceptors (Lipinski definition) is 3. The van der Waals surface area contributed by atoms with Crippen LogP contribution in [0.2, 0.25) is 0 Å². The van der Waals surface area contributed by atoms with Crippen LogP contribution in [0.4, 0.5) is 0 Å². The number of nitrogens with zero attached hydrogens (tertiary/aromatic N) is 1. The molecule has 0 bridgehead atoms. The monoisotopic (exact) mass is 194 g/mol. The highest BCUT2D eigenvalue weighted by Gasteiger charge is 2.14. The maximum absolute atomic E-state index is 9.72. The van der Waals surface area contributed by atoms with Crippen molar-refractivity contribution in [2.75, 3.05) is 26.2 Å². The standard InChI is InChI=1S/C11H18N2O/c1-3-5-11(14)10(4-2)13-8-6-12-7-9-13/h3-5,12,14H,1,6-9H2,2H3/b10-4+,11-5+. The van der Waals surface area contributed by atoms with Gasteiger partial charge in [-0.05, 0) is 13.0 Å². The summed E-state index contributed by atoms with van der Waals surface area (Å²) in [5.41, 5.74) is 0.895. The molecule has 1 aliphatic rings. The van der Waals surface area contributed by atoms with Crippen molar-refractivity contribution in [2.24, 2.45) is 0 Å². The van der Waals surface area contributed by atoms with Crippen molar-refractivity contribution >= 4 is 0 Å². The molecule has 1 saturated heterocycles. The molecule has 0 amide bonds. The van der Waals surface area contributed by atoms with E-state index in [-0.39, 0.29) is 0 Å². The molecule has 0 aromatic heterocycles. The van der Waals surface area contributed by atoms with Crippen LogP contribution in [0.15, 0.2) is 36.3 Å². The fourth-order valence-electron chi connectivity index (χ4n) is 1.60. The second kappa shape index (κ2) is 5.50. The van der Waals surface area contributed by atoms with E-state index in [1.54, 1.807) is 12.2 Å². The third-order valence-corrected chi connectivity index (χ3v) is 2.27. The smallest absolute Gasteiger partial charge is 0.138 e. The molecule has 0 aromatic carbocycles. The van der Waals surface area contributed by atoms with Gasteiger partial charge < -0.3 is 15.3 Å². The van der Waals surface area contributed by atoms with Crippen LogP contribution in [0.1, 0.15) is 6.92 Å². The zero-order valence-corrected chi connectivity index (χ0v) is 8.66. The van der Waals surface area contributed by atoms with Gasteiger partial charge in [0.25, 0.3) is 0 Å². The normalized spacial score (nSPS) is 19.6. The first-order chi connectivity index (χ1) is 6.79. The zero-order valence-electron chi connectivity index (χ0n) is 8.66. The fraction of sp³-hybridized carbons (Fsp3) is 0.455. The van der Waals surface area contributed by atoms with Gasteiger partial charge in [0, 0.05) is 26.2 Å². The highest BCUT2D eigenvalue weighted by Crippen LogP contribution is 2.13. The average Bonchev–Trinajstić information content (AvgIpc) is 2.21. The largest absolute Gasteiger partial charge is 0.506 e. The molecular weight excluding hydrogens is 176 g/mol. The Bertz CT molecular complexity index is 250. The molecule has 0 unspecified atom stereocenters. The van der Waals surface area contributed by atoms with Crippen molar-refractivity contribution in [3.8, 4) is 0 Å². The van der Waals surface area contributed by atoms with Crippen LogP contribution in [0.3, 0.4) is 0 Å². The first-order valence-electron chi connectivity index (χ1n) is 4.93. The molecule has 0 aromatic rings. The number of rotatable bonds is 3. The van der Waals surface area contributed by atoms with E-state index < -0.39 is 0 Å². The molecule has 0 aliphatic carbocycles. The Kier molecular flexibility index (Phi) is 4.26. The molecule has 1 aliphatic heterocycles. The third kappa shape index (κ3) is 2.64. The van der Waals surface area contributed by atoms with E-state index in [2.05, 4.69) is 16.8 Å². The Morgan fingerprint density at radius 1 is 1.43 bits per heavy atom. The first-order valence-corrected chi connectivity index (χ1v) is 4.93. The van der Waals surface area contributed by atoms with Gasteiger partial charge >= 0.3 is 0 Å². The number of allylic oxidation sites excluding steroid dienone is 3. The SMILES string of the molecule is C=C/C=C(O)\C(=C/C)N1CCNCC1. The molecule has 0 spiro atoms. The molecule has 1 rings (SSSR count). The molecule has 0 saturated carbocycles. The first kappa shape index (κ1) is 10.9. The maximum atomic E-state index is 9.72. The maximum Gasteiger partial charge on any atom is 0.138 e. The summed E-state index contributed by atoms with van der Waals surface area (Å²) in [6, 6.07) is 0. The van der Waals surface area contributed by atoms with Gasteiger partial charge in [-0.25, -0.2) is 0 Å². The van der Waals surface area contributed by atoms with Crippen molar-refractivity contribution < 1.29 is 5.11 Å². The van der Waals surface area contributed by atoms with Gasteiger partial charge in [-0.15, -0.1) is 0 Å². The lowest BCUT2D eigenvalue weighted by Gasteiger charge is -2.31. The quantitative estimate of drug-likeness (QED) is 0.527. The summed E-state index contributed by atoms with van der Waals surface area (Å²) in [6.45, 7) is 9.32. The molecule has 1 fully saturated rings. The fourth-order valence-corrected chi connectivity index (χ4v) is 1.60. The van der Waals surface area contributed by atoms with E-state index in [0.717, 1.165) is 31.9 Å². The summed E-state index contributed by atoms with van der Waals surface area (Å²) in [5.74, 6) is 0.296. The highest BCUT2D eigenvalue weighted by molar-refractivity contribution is 5.26. The van der Waals surface area contributed by atoms with Gasteiger partial charge in [-0.2, -0.15) is 0 Å². The van der Waals surface area contributed by atoms with Crippen molar-refractivity contribution in [3.63, 3.8) is 0 Å². The topological polar surface area (TPSA) is 35.5 Å². The van der Waals surface area contributed by atoms with Crippen molar-refractivity contribution in [3.05, 3.63) is 36.3 Å². The lowest BCUT2D eigenvalue weighted by molar-refractivity contribution is 0.274. The second-order valence-corrected chi connectivity index (χ2v) is 3.20. The van der Waals surface area contributed by atoms with Crippen LogP contribution >= 0.6 is 0 Å². The van der Waals surface area contributed by atoms with Gasteiger partial charge in [0.15, 0.2) is 0 Å². The summed E-state index contributed by atoms with van der Waals surface area (Å²) in [6.07, 6.45) is 5.15. The van der Waals surface area contributed by atoms with E-state index >= 15 is 0 Å². The molecule has 14 heavy (non-hydrogen) atoms. The molecule has 2 N–H and O–H groups in total. The van der Waals surface area contributed by atoms with Crippen LogP contribution in [0, 0.1) is 0 Å². The summed E-state index contributed by atoms with van der Waals surface area (Å²) >= 11 is 0. The van der Waals surface area contributed by atoms with E-state index in [1.165, 1.54) is 0 Å². The summed E-state index contributed by atoms with van der Waals surface area (Å²) < 4.78 is 0. The zero-order chi connectivity index (χ0) is 10.4. The molecule has 0 atom stereocenters. The molecule has 0 radical (unpaired) electrons. The van der Waals surface area contributed by atoms with Crippen molar-refractivity contribution in [1.29, 1.82) is 0 Å². The molecule has 3 nitrogen and oxygen atoms in total. The Morgan fingerprint density at radius 2 is 2.07 bits per heavy atom. The van der Waals surface area contributed by atoms with Gasteiger partial charge in [0.05, 0.1) is 5.70 Å². The Labute approximate surface area is 85.4 Å². The van der Waals surface area contributed by atoms with Gasteiger partial charge in [0.1, 0.15) is 5.76 Å². The van der Waals surface area contributed by atoms with E-state index in [9.17, 15) is 5.11 Å². The molecule has 1 heterocycles. The highest BCUT2D eigenvalue weighted by atomic mass is 16.3. The van der Waals surface area contributed by atoms with Crippen LogP contribution in [0.25, 0.3) is 0 Å². The third-order valence-electron chi connectivity index (χ3n) is 2.27. The molecular formula is C11H18N2O. The summed E-state index contributed by atoms with van der Waals surface area (Å²) in [4.78, 5) is 2.17. The van der Waals surface area contributed by atoms with Gasteiger partial charge in [-0.3, -0.25) is 0 Å². The Hall–Kier alpha value is -1.22. The minimum absolute atomic E-state index is 0.296. The lowest BCUT2D eigenvalue weighted by Crippen LogP contribution is -2.43. The minimum atomic E-state index is 0.296. The second-order valence-electron chi connectivity index (χ2n) is 3.20. The van der Waals surface area contributed by atoms with Crippen LogP contribution < -0.4 is 5.32 Å². The van der Waals surface area contributed by atoms with Crippen LogP contribution in [-0.4, -0.2) is 36.2 Å². The van der Waals surface area contributed by atoms with Crippen LogP contribution in [0.5, 0.6) is 0 Å². The number of hydrogen-bond donors (Lipinski definition) is 2. The van der Waals surface area contributed by atoms with Crippen molar-refractivity contribution in [1.82, 2.24) is 10.2 Å². The Morgan fingerprint density at radius 3 is 2.57 bits per heavy atom. The van der Waals surface area contributed by atoms with Gasteiger partial charge in [-0.1, -0.05) is 18.7 Å². The van der Waals surface area contributed by atoms with E-state index in [1.807, 2.05) is 13.0 Å².